The molecule has 27 heavy (non-hydrogen) atoms. The molecule has 0 aliphatic rings. The van der Waals surface area contributed by atoms with Gasteiger partial charge in [-0.3, -0.25) is 9.97 Å². The van der Waals surface area contributed by atoms with E-state index >= 15 is 0 Å². The van der Waals surface area contributed by atoms with Crippen molar-refractivity contribution >= 4 is 16.6 Å². The molecule has 142 valence electrons. The molecule has 2 aromatic heterocycles. The number of hydrogen-bond donors (Lipinski definition) is 2. The molecule has 2 heterocycles. The molecule has 2 N–H and O–H groups in total. The zero-order chi connectivity index (χ0) is 19.1. The summed E-state index contributed by atoms with van der Waals surface area (Å²) in [5.74, 6) is 1.35. The molecule has 0 radical (unpaired) electrons. The number of rotatable bonds is 9. The third kappa shape index (κ3) is 4.46. The molecule has 1 aromatic carbocycles. The van der Waals surface area contributed by atoms with Gasteiger partial charge < -0.3 is 19.9 Å². The number of aliphatic hydroxyl groups is 1. The van der Waals surface area contributed by atoms with Gasteiger partial charge in [0.1, 0.15) is 0 Å². The SMILES string of the molecule is CCOc1cc2nccc(NCC(CO)c3cccnc3)c2cc1OCC. The average Bonchev–Trinajstić information content (AvgIpc) is 2.70. The lowest BCUT2D eigenvalue weighted by Gasteiger charge is -2.18. The van der Waals surface area contributed by atoms with E-state index in [1.54, 1.807) is 18.6 Å². The molecule has 1 unspecified atom stereocenters. The zero-order valence-electron chi connectivity index (χ0n) is 15.7. The lowest BCUT2D eigenvalue weighted by atomic mass is 10.0. The maximum atomic E-state index is 9.76. The zero-order valence-corrected chi connectivity index (χ0v) is 15.7. The summed E-state index contributed by atoms with van der Waals surface area (Å²) in [6.45, 7) is 5.63. The van der Waals surface area contributed by atoms with Crippen LogP contribution in [0.25, 0.3) is 10.9 Å². The van der Waals surface area contributed by atoms with Crippen LogP contribution in [0.2, 0.25) is 0 Å². The van der Waals surface area contributed by atoms with Gasteiger partial charge in [-0.05, 0) is 37.6 Å². The molecule has 1 atom stereocenters. The van der Waals surface area contributed by atoms with Crippen LogP contribution in [0.4, 0.5) is 5.69 Å². The van der Waals surface area contributed by atoms with Gasteiger partial charge in [0, 0.05) is 48.2 Å². The monoisotopic (exact) mass is 367 g/mol. The van der Waals surface area contributed by atoms with Gasteiger partial charge in [-0.2, -0.15) is 0 Å². The Morgan fingerprint density at radius 2 is 1.85 bits per heavy atom. The van der Waals surface area contributed by atoms with Crippen LogP contribution in [0.3, 0.4) is 0 Å². The van der Waals surface area contributed by atoms with E-state index in [-0.39, 0.29) is 12.5 Å². The van der Waals surface area contributed by atoms with Crippen molar-refractivity contribution in [3.05, 3.63) is 54.5 Å². The lowest BCUT2D eigenvalue weighted by molar-refractivity contribution is 0.269. The summed E-state index contributed by atoms with van der Waals surface area (Å²) in [4.78, 5) is 8.59. The first kappa shape index (κ1) is 18.9. The Morgan fingerprint density at radius 1 is 1.07 bits per heavy atom. The van der Waals surface area contributed by atoms with E-state index in [2.05, 4.69) is 15.3 Å². The largest absolute Gasteiger partial charge is 0.490 e. The minimum Gasteiger partial charge on any atom is -0.490 e. The number of ether oxygens (including phenoxy) is 2. The number of anilines is 1. The summed E-state index contributed by atoms with van der Waals surface area (Å²) < 4.78 is 11.4. The second-order valence-electron chi connectivity index (χ2n) is 6.09. The number of nitrogens with one attached hydrogen (secondary N) is 1. The predicted molar refractivity (Wildman–Crippen MR) is 107 cm³/mol. The molecule has 3 aromatic rings. The van der Waals surface area contributed by atoms with Crippen molar-refractivity contribution in [1.29, 1.82) is 0 Å². The minimum atomic E-state index is -0.0454. The average molecular weight is 367 g/mol. The highest BCUT2D eigenvalue weighted by Crippen LogP contribution is 2.35. The maximum Gasteiger partial charge on any atom is 0.163 e. The van der Waals surface area contributed by atoms with E-state index in [1.165, 1.54) is 0 Å². The first-order chi connectivity index (χ1) is 13.3. The van der Waals surface area contributed by atoms with E-state index in [0.29, 0.717) is 31.3 Å². The third-order valence-corrected chi connectivity index (χ3v) is 4.32. The molecule has 0 spiro atoms. The molecule has 3 rings (SSSR count). The molecule has 0 amide bonds. The molecule has 0 fully saturated rings. The molecular formula is C21H25N3O3. The highest BCUT2D eigenvalue weighted by molar-refractivity contribution is 5.93. The summed E-state index contributed by atoms with van der Waals surface area (Å²) in [6, 6.07) is 9.64. The molecule has 6 heteroatoms. The van der Waals surface area contributed by atoms with Gasteiger partial charge in [0.05, 0.1) is 25.3 Å². The summed E-state index contributed by atoms with van der Waals surface area (Å²) in [7, 11) is 0. The fraction of sp³-hybridized carbons (Fsp3) is 0.333. The van der Waals surface area contributed by atoms with E-state index in [9.17, 15) is 5.11 Å². The third-order valence-electron chi connectivity index (χ3n) is 4.32. The molecule has 0 saturated carbocycles. The van der Waals surface area contributed by atoms with Gasteiger partial charge in [-0.1, -0.05) is 6.07 Å². The van der Waals surface area contributed by atoms with Crippen LogP contribution in [0, 0.1) is 0 Å². The number of benzene rings is 1. The number of pyridine rings is 2. The second kappa shape index (κ2) is 9.19. The standard InChI is InChI=1S/C21H25N3O3/c1-3-26-20-10-17-18(7-9-23-19(17)11-21(20)27-4-2)24-13-16(14-25)15-6-5-8-22-12-15/h5-12,16,25H,3-4,13-14H2,1-2H3,(H,23,24). The van der Waals surface area contributed by atoms with Crippen molar-refractivity contribution in [2.24, 2.45) is 0 Å². The van der Waals surface area contributed by atoms with Gasteiger partial charge in [0.15, 0.2) is 11.5 Å². The Balaban J connectivity index is 1.88. The minimum absolute atomic E-state index is 0.0421. The summed E-state index contributed by atoms with van der Waals surface area (Å²) in [5.41, 5.74) is 2.76. The summed E-state index contributed by atoms with van der Waals surface area (Å²) >= 11 is 0. The molecule has 6 nitrogen and oxygen atoms in total. The summed E-state index contributed by atoms with van der Waals surface area (Å²) in [5, 5.41) is 14.1. The number of nitrogens with zero attached hydrogens (tertiary/aromatic N) is 2. The Morgan fingerprint density at radius 3 is 2.52 bits per heavy atom. The van der Waals surface area contributed by atoms with Crippen molar-refractivity contribution in [2.45, 2.75) is 19.8 Å². The highest BCUT2D eigenvalue weighted by Gasteiger charge is 2.14. The van der Waals surface area contributed by atoms with Gasteiger partial charge in [0.25, 0.3) is 0 Å². The fourth-order valence-electron chi connectivity index (χ4n) is 2.98. The van der Waals surface area contributed by atoms with Crippen LogP contribution < -0.4 is 14.8 Å². The van der Waals surface area contributed by atoms with Gasteiger partial charge >= 0.3 is 0 Å². The number of fused-ring (bicyclic) bond motifs is 1. The number of aliphatic hydroxyl groups excluding tert-OH is 1. The van der Waals surface area contributed by atoms with Crippen LogP contribution in [0.15, 0.2) is 48.9 Å². The smallest absolute Gasteiger partial charge is 0.163 e. The topological polar surface area (TPSA) is 76.5 Å². The van der Waals surface area contributed by atoms with Gasteiger partial charge in [-0.15, -0.1) is 0 Å². The second-order valence-corrected chi connectivity index (χ2v) is 6.09. The Bertz CT molecular complexity index is 871. The van der Waals surface area contributed by atoms with Crippen molar-refractivity contribution in [3.8, 4) is 11.5 Å². The fourth-order valence-corrected chi connectivity index (χ4v) is 2.98. The van der Waals surface area contributed by atoms with E-state index in [1.807, 2.05) is 44.2 Å². The first-order valence-electron chi connectivity index (χ1n) is 9.19. The van der Waals surface area contributed by atoms with Crippen molar-refractivity contribution in [2.75, 3.05) is 31.7 Å². The first-order valence-corrected chi connectivity index (χ1v) is 9.19. The molecule has 0 aliphatic heterocycles. The quantitative estimate of drug-likeness (QED) is 0.602. The van der Waals surface area contributed by atoms with E-state index in [0.717, 1.165) is 22.2 Å². The molecular weight excluding hydrogens is 342 g/mol. The predicted octanol–water partition coefficient (Wildman–Crippen LogP) is 3.62. The van der Waals surface area contributed by atoms with Crippen molar-refractivity contribution < 1.29 is 14.6 Å². The maximum absolute atomic E-state index is 9.76. The van der Waals surface area contributed by atoms with Gasteiger partial charge in [0.2, 0.25) is 0 Å². The Hall–Kier alpha value is -2.86. The van der Waals surface area contributed by atoms with Crippen molar-refractivity contribution in [3.63, 3.8) is 0 Å². The van der Waals surface area contributed by atoms with E-state index < -0.39 is 0 Å². The van der Waals surface area contributed by atoms with Crippen LogP contribution in [0.5, 0.6) is 11.5 Å². The van der Waals surface area contributed by atoms with Crippen LogP contribution >= 0.6 is 0 Å². The van der Waals surface area contributed by atoms with Crippen LogP contribution in [-0.4, -0.2) is 41.4 Å². The van der Waals surface area contributed by atoms with Gasteiger partial charge in [-0.25, -0.2) is 0 Å². The van der Waals surface area contributed by atoms with Crippen LogP contribution in [-0.2, 0) is 0 Å². The van der Waals surface area contributed by atoms with Crippen molar-refractivity contribution in [1.82, 2.24) is 9.97 Å². The molecule has 0 bridgehead atoms. The lowest BCUT2D eigenvalue weighted by Crippen LogP contribution is -2.16. The van der Waals surface area contributed by atoms with Crippen LogP contribution in [0.1, 0.15) is 25.3 Å². The molecule has 0 aliphatic carbocycles. The normalized spacial score (nSPS) is 12.0. The molecule has 0 saturated heterocycles. The summed E-state index contributed by atoms with van der Waals surface area (Å²) in [6.07, 6.45) is 5.28. The highest BCUT2D eigenvalue weighted by atomic mass is 16.5. The van der Waals surface area contributed by atoms with E-state index in [4.69, 9.17) is 9.47 Å². The number of aromatic nitrogens is 2. The Labute approximate surface area is 159 Å². The number of hydrogen-bond acceptors (Lipinski definition) is 6. The Kier molecular flexibility index (Phi) is 6.44.